The predicted molar refractivity (Wildman–Crippen MR) is 43.3 cm³/mol. The van der Waals surface area contributed by atoms with Crippen molar-refractivity contribution in [1.29, 1.82) is 0 Å². The molecule has 1 rings (SSSR count). The van der Waals surface area contributed by atoms with Crippen LogP contribution in [0.2, 0.25) is 0 Å². The maximum atomic E-state index is 9.68. The van der Waals surface area contributed by atoms with Crippen molar-refractivity contribution in [3.8, 4) is 0 Å². The molecule has 0 bridgehead atoms. The van der Waals surface area contributed by atoms with Gasteiger partial charge in [0.25, 0.3) is 0 Å². The fourth-order valence-corrected chi connectivity index (χ4v) is 1.56. The lowest BCUT2D eigenvalue weighted by atomic mass is 9.83. The van der Waals surface area contributed by atoms with Crippen molar-refractivity contribution in [3.05, 3.63) is 0 Å². The second kappa shape index (κ2) is 3.94. The first-order valence-electron chi connectivity index (χ1n) is 3.99. The van der Waals surface area contributed by atoms with Crippen LogP contribution in [0.5, 0.6) is 0 Å². The Morgan fingerprint density at radius 1 is 1.20 bits per heavy atom. The summed E-state index contributed by atoms with van der Waals surface area (Å²) in [7, 11) is 0. The molecule has 0 unspecified atom stereocenters. The van der Waals surface area contributed by atoms with E-state index in [9.17, 15) is 5.11 Å². The van der Waals surface area contributed by atoms with E-state index >= 15 is 0 Å². The van der Waals surface area contributed by atoms with Crippen molar-refractivity contribution in [1.82, 2.24) is 6.15 Å². The topological polar surface area (TPSA) is 55.2 Å². The summed E-state index contributed by atoms with van der Waals surface area (Å²) in [6.07, 6.45) is 6.77. The lowest BCUT2D eigenvalue weighted by Gasteiger charge is -2.30. The first kappa shape index (κ1) is 9.92. The van der Waals surface area contributed by atoms with Gasteiger partial charge in [0.2, 0.25) is 0 Å². The van der Waals surface area contributed by atoms with Gasteiger partial charge in [-0.2, -0.15) is 0 Å². The van der Waals surface area contributed by atoms with Crippen LogP contribution in [0, 0.1) is 0 Å². The van der Waals surface area contributed by atoms with Gasteiger partial charge >= 0.3 is 0 Å². The summed E-state index contributed by atoms with van der Waals surface area (Å²) < 4.78 is 0. The molecule has 2 heteroatoms. The number of hydrogen-bond acceptors (Lipinski definition) is 2. The largest absolute Gasteiger partial charge is 0.390 e. The van der Waals surface area contributed by atoms with Crippen molar-refractivity contribution >= 4 is 0 Å². The maximum absolute atomic E-state index is 9.68. The summed E-state index contributed by atoms with van der Waals surface area (Å²) in [5.41, 5.74) is -0.280. The smallest absolute Gasteiger partial charge is 0.0645 e. The Labute approximate surface area is 63.2 Å². The van der Waals surface area contributed by atoms with Gasteiger partial charge in [-0.1, -0.05) is 26.2 Å². The molecule has 0 aromatic carbocycles. The Morgan fingerprint density at radius 3 is 2.00 bits per heavy atom. The van der Waals surface area contributed by atoms with Crippen LogP contribution >= 0.6 is 0 Å². The van der Waals surface area contributed by atoms with Crippen molar-refractivity contribution in [2.24, 2.45) is 0 Å². The first-order chi connectivity index (χ1) is 4.27. The number of aliphatic hydroxyl groups is 1. The molecule has 10 heavy (non-hydrogen) atoms. The molecule has 0 heterocycles. The molecule has 0 aliphatic heterocycles. The summed E-state index contributed by atoms with van der Waals surface area (Å²) in [6, 6.07) is 0. The van der Waals surface area contributed by atoms with Crippen LogP contribution in [0.1, 0.15) is 45.4 Å². The van der Waals surface area contributed by atoms with E-state index in [4.69, 9.17) is 0 Å². The quantitative estimate of drug-likeness (QED) is 0.594. The van der Waals surface area contributed by atoms with E-state index in [0.717, 1.165) is 19.3 Å². The molecule has 0 spiro atoms. The van der Waals surface area contributed by atoms with E-state index < -0.39 is 0 Å². The zero-order valence-corrected chi connectivity index (χ0v) is 6.90. The summed E-state index contributed by atoms with van der Waals surface area (Å²) in [4.78, 5) is 0. The molecule has 1 saturated carbocycles. The third-order valence-electron chi connectivity index (χ3n) is 2.44. The highest BCUT2D eigenvalue weighted by atomic mass is 16.3. The highest BCUT2D eigenvalue weighted by Crippen LogP contribution is 2.30. The van der Waals surface area contributed by atoms with Crippen LogP contribution < -0.4 is 6.15 Å². The molecule has 0 amide bonds. The Morgan fingerprint density at radius 2 is 1.70 bits per heavy atom. The number of rotatable bonds is 1. The Bertz CT molecular complexity index is 87.3. The highest BCUT2D eigenvalue weighted by Gasteiger charge is 2.26. The summed E-state index contributed by atoms with van der Waals surface area (Å²) >= 11 is 0. The summed E-state index contributed by atoms with van der Waals surface area (Å²) in [5.74, 6) is 0. The average Bonchev–Trinajstić information content (AvgIpc) is 1.90. The van der Waals surface area contributed by atoms with Crippen molar-refractivity contribution in [2.75, 3.05) is 0 Å². The van der Waals surface area contributed by atoms with E-state index in [2.05, 4.69) is 6.92 Å². The van der Waals surface area contributed by atoms with Crippen LogP contribution in [0.15, 0.2) is 0 Å². The van der Waals surface area contributed by atoms with E-state index in [1.165, 1.54) is 19.3 Å². The minimum atomic E-state index is -0.280. The average molecular weight is 145 g/mol. The van der Waals surface area contributed by atoms with Crippen molar-refractivity contribution in [3.63, 3.8) is 0 Å². The second-order valence-corrected chi connectivity index (χ2v) is 3.14. The Kier molecular flexibility index (Phi) is 3.91. The third-order valence-corrected chi connectivity index (χ3v) is 2.44. The monoisotopic (exact) mass is 145 g/mol. The van der Waals surface area contributed by atoms with Crippen molar-refractivity contribution < 1.29 is 5.11 Å². The first-order valence-corrected chi connectivity index (χ1v) is 3.99. The van der Waals surface area contributed by atoms with Gasteiger partial charge in [-0.3, -0.25) is 0 Å². The molecular weight excluding hydrogens is 126 g/mol. The van der Waals surface area contributed by atoms with Crippen LogP contribution in [0.3, 0.4) is 0 Å². The Hall–Kier alpha value is -0.0800. The van der Waals surface area contributed by atoms with Crippen LogP contribution in [0.25, 0.3) is 0 Å². The van der Waals surface area contributed by atoms with Gasteiger partial charge in [-0.15, -0.1) is 0 Å². The minimum absolute atomic E-state index is 0. The minimum Gasteiger partial charge on any atom is -0.390 e. The fraction of sp³-hybridized carbons (Fsp3) is 1.00. The third kappa shape index (κ3) is 2.27. The van der Waals surface area contributed by atoms with E-state index in [1.807, 2.05) is 0 Å². The molecule has 1 aliphatic rings. The second-order valence-electron chi connectivity index (χ2n) is 3.14. The zero-order chi connectivity index (χ0) is 6.74. The van der Waals surface area contributed by atoms with Gasteiger partial charge in [0, 0.05) is 0 Å². The van der Waals surface area contributed by atoms with Gasteiger partial charge in [-0.25, -0.2) is 0 Å². The van der Waals surface area contributed by atoms with E-state index in [1.54, 1.807) is 0 Å². The molecule has 1 fully saturated rings. The molecule has 4 N–H and O–H groups in total. The van der Waals surface area contributed by atoms with Crippen molar-refractivity contribution in [2.45, 2.75) is 51.0 Å². The van der Waals surface area contributed by atoms with Crippen LogP contribution in [-0.2, 0) is 0 Å². The SMILES string of the molecule is CCC1(O)CCCCC1.N. The van der Waals surface area contributed by atoms with Gasteiger partial charge in [0.05, 0.1) is 5.60 Å². The summed E-state index contributed by atoms with van der Waals surface area (Å²) in [5, 5.41) is 9.68. The molecular formula is C8H19NO. The number of hydrogen-bond donors (Lipinski definition) is 2. The molecule has 0 aromatic rings. The molecule has 62 valence electrons. The van der Waals surface area contributed by atoms with Crippen LogP contribution in [-0.4, -0.2) is 10.7 Å². The lowest BCUT2D eigenvalue weighted by molar-refractivity contribution is 0.000673. The predicted octanol–water partition coefficient (Wildman–Crippen LogP) is 2.25. The van der Waals surface area contributed by atoms with E-state index in [0.29, 0.717) is 0 Å². The molecule has 0 saturated heterocycles. The molecule has 0 aromatic heterocycles. The standard InChI is InChI=1S/C8H16O.H3N/c1-2-8(9)6-4-3-5-7-8;/h9H,2-7H2,1H3;1H3. The normalized spacial score (nSPS) is 23.4. The van der Waals surface area contributed by atoms with Crippen LogP contribution in [0.4, 0.5) is 0 Å². The lowest BCUT2D eigenvalue weighted by Crippen LogP contribution is -2.29. The van der Waals surface area contributed by atoms with E-state index in [-0.39, 0.29) is 11.8 Å². The van der Waals surface area contributed by atoms with Gasteiger partial charge in [0.15, 0.2) is 0 Å². The zero-order valence-electron chi connectivity index (χ0n) is 6.90. The molecule has 0 atom stereocenters. The maximum Gasteiger partial charge on any atom is 0.0645 e. The highest BCUT2D eigenvalue weighted by molar-refractivity contribution is 4.79. The fourth-order valence-electron chi connectivity index (χ4n) is 1.56. The Balaban J connectivity index is 0.000000810. The van der Waals surface area contributed by atoms with Gasteiger partial charge in [0.1, 0.15) is 0 Å². The molecule has 2 nitrogen and oxygen atoms in total. The van der Waals surface area contributed by atoms with Gasteiger partial charge in [-0.05, 0) is 19.3 Å². The molecule has 1 aliphatic carbocycles. The summed E-state index contributed by atoms with van der Waals surface area (Å²) in [6.45, 7) is 2.07. The molecule has 0 radical (unpaired) electrons. The van der Waals surface area contributed by atoms with Gasteiger partial charge < -0.3 is 11.3 Å².